The van der Waals surface area contributed by atoms with Crippen LogP contribution in [0.2, 0.25) is 0 Å². The standard InChI is InChI=1S/C12H23N5O/c1-4-6-14-10-8-11(17-12(13)16-10)15-9(2)5-7-18-3/h8-9H,4-7H2,1-3H3,(H4,13,14,15,16,17). The van der Waals surface area contributed by atoms with Crippen molar-refractivity contribution in [3.63, 3.8) is 0 Å². The molecule has 102 valence electrons. The summed E-state index contributed by atoms with van der Waals surface area (Å²) in [5.74, 6) is 1.77. The number of hydrogen-bond donors (Lipinski definition) is 3. The molecule has 0 aliphatic carbocycles. The smallest absolute Gasteiger partial charge is 0.223 e. The molecule has 1 heterocycles. The molecule has 0 amide bonds. The summed E-state index contributed by atoms with van der Waals surface area (Å²) in [6.45, 7) is 5.77. The Hall–Kier alpha value is -1.56. The van der Waals surface area contributed by atoms with Crippen molar-refractivity contribution in [3.05, 3.63) is 6.07 Å². The van der Waals surface area contributed by atoms with E-state index in [4.69, 9.17) is 10.5 Å². The van der Waals surface area contributed by atoms with Crippen LogP contribution in [-0.4, -0.2) is 36.3 Å². The normalized spacial score (nSPS) is 12.2. The first-order chi connectivity index (χ1) is 8.65. The van der Waals surface area contributed by atoms with Gasteiger partial charge in [0.15, 0.2) is 0 Å². The molecule has 1 aromatic rings. The van der Waals surface area contributed by atoms with E-state index in [-0.39, 0.29) is 12.0 Å². The maximum atomic E-state index is 5.68. The number of methoxy groups -OCH3 is 1. The average molecular weight is 253 g/mol. The molecule has 1 atom stereocenters. The highest BCUT2D eigenvalue weighted by molar-refractivity contribution is 5.51. The van der Waals surface area contributed by atoms with E-state index in [1.165, 1.54) is 0 Å². The molecule has 1 rings (SSSR count). The predicted octanol–water partition coefficient (Wildman–Crippen LogP) is 1.72. The number of anilines is 3. The third-order valence-corrected chi connectivity index (χ3v) is 2.45. The van der Waals surface area contributed by atoms with Gasteiger partial charge in [0, 0.05) is 32.4 Å². The lowest BCUT2D eigenvalue weighted by Gasteiger charge is -2.15. The molecular weight excluding hydrogens is 230 g/mol. The molecule has 0 spiro atoms. The number of hydrogen-bond acceptors (Lipinski definition) is 6. The Labute approximate surface area is 108 Å². The number of ether oxygens (including phenoxy) is 1. The molecule has 0 aliphatic rings. The summed E-state index contributed by atoms with van der Waals surface area (Å²) >= 11 is 0. The summed E-state index contributed by atoms with van der Waals surface area (Å²) in [5.41, 5.74) is 5.68. The highest BCUT2D eigenvalue weighted by Gasteiger charge is 2.06. The van der Waals surface area contributed by atoms with Gasteiger partial charge in [0.1, 0.15) is 11.6 Å². The summed E-state index contributed by atoms with van der Waals surface area (Å²) in [4.78, 5) is 8.30. The molecule has 0 aromatic carbocycles. The fraction of sp³-hybridized carbons (Fsp3) is 0.667. The Bertz CT molecular complexity index is 358. The van der Waals surface area contributed by atoms with Gasteiger partial charge in [-0.2, -0.15) is 9.97 Å². The van der Waals surface area contributed by atoms with Crippen molar-refractivity contribution in [1.29, 1.82) is 0 Å². The van der Waals surface area contributed by atoms with E-state index in [2.05, 4.69) is 34.4 Å². The van der Waals surface area contributed by atoms with Crippen molar-refractivity contribution < 1.29 is 4.74 Å². The first kappa shape index (κ1) is 14.5. The van der Waals surface area contributed by atoms with Crippen LogP contribution in [0.5, 0.6) is 0 Å². The molecule has 0 saturated carbocycles. The zero-order valence-electron chi connectivity index (χ0n) is 11.4. The summed E-state index contributed by atoms with van der Waals surface area (Å²) in [6, 6.07) is 2.15. The molecule has 1 aromatic heterocycles. The minimum atomic E-state index is 0.276. The third-order valence-electron chi connectivity index (χ3n) is 2.45. The van der Waals surface area contributed by atoms with E-state index in [0.29, 0.717) is 0 Å². The number of rotatable bonds is 8. The Morgan fingerprint density at radius 1 is 1.39 bits per heavy atom. The molecule has 0 saturated heterocycles. The fourth-order valence-electron chi connectivity index (χ4n) is 1.50. The highest BCUT2D eigenvalue weighted by atomic mass is 16.5. The van der Waals surface area contributed by atoms with Gasteiger partial charge in [0.2, 0.25) is 5.95 Å². The Kier molecular flexibility index (Phi) is 6.21. The quantitative estimate of drug-likeness (QED) is 0.654. The molecule has 0 fully saturated rings. The van der Waals surface area contributed by atoms with Crippen LogP contribution in [0.15, 0.2) is 6.07 Å². The van der Waals surface area contributed by atoms with E-state index in [1.54, 1.807) is 7.11 Å². The highest BCUT2D eigenvalue weighted by Crippen LogP contribution is 2.14. The number of nitrogens with zero attached hydrogens (tertiary/aromatic N) is 2. The van der Waals surface area contributed by atoms with Crippen molar-refractivity contribution in [3.8, 4) is 0 Å². The van der Waals surface area contributed by atoms with Gasteiger partial charge in [-0.15, -0.1) is 0 Å². The SMILES string of the molecule is CCCNc1cc(NC(C)CCOC)nc(N)n1. The molecule has 0 radical (unpaired) electrons. The first-order valence-electron chi connectivity index (χ1n) is 6.29. The van der Waals surface area contributed by atoms with Gasteiger partial charge < -0.3 is 21.1 Å². The number of nitrogens with two attached hydrogens (primary N) is 1. The summed E-state index contributed by atoms with van der Waals surface area (Å²) < 4.78 is 5.04. The van der Waals surface area contributed by atoms with Crippen LogP contribution in [0.1, 0.15) is 26.7 Å². The van der Waals surface area contributed by atoms with Crippen LogP contribution < -0.4 is 16.4 Å². The Morgan fingerprint density at radius 2 is 2.11 bits per heavy atom. The molecule has 6 nitrogen and oxygen atoms in total. The van der Waals surface area contributed by atoms with Gasteiger partial charge in [-0.3, -0.25) is 0 Å². The topological polar surface area (TPSA) is 85.1 Å². The zero-order chi connectivity index (χ0) is 13.4. The van der Waals surface area contributed by atoms with Crippen LogP contribution in [-0.2, 0) is 4.74 Å². The van der Waals surface area contributed by atoms with Gasteiger partial charge in [0.05, 0.1) is 0 Å². The molecule has 4 N–H and O–H groups in total. The lowest BCUT2D eigenvalue weighted by atomic mass is 10.2. The Balaban J connectivity index is 2.61. The fourth-order valence-corrected chi connectivity index (χ4v) is 1.50. The van der Waals surface area contributed by atoms with Crippen molar-refractivity contribution in [1.82, 2.24) is 9.97 Å². The maximum Gasteiger partial charge on any atom is 0.223 e. The lowest BCUT2D eigenvalue weighted by molar-refractivity contribution is 0.191. The van der Waals surface area contributed by atoms with Crippen LogP contribution in [0.25, 0.3) is 0 Å². The third kappa shape index (κ3) is 5.18. The van der Waals surface area contributed by atoms with Gasteiger partial charge in [-0.1, -0.05) is 6.92 Å². The second kappa shape index (κ2) is 7.71. The summed E-state index contributed by atoms with van der Waals surface area (Å²) in [5, 5.41) is 6.48. The molecule has 1 unspecified atom stereocenters. The second-order valence-corrected chi connectivity index (χ2v) is 4.25. The van der Waals surface area contributed by atoms with Crippen LogP contribution in [0.3, 0.4) is 0 Å². The molecule has 18 heavy (non-hydrogen) atoms. The maximum absolute atomic E-state index is 5.68. The lowest BCUT2D eigenvalue weighted by Crippen LogP contribution is -2.19. The van der Waals surface area contributed by atoms with E-state index < -0.39 is 0 Å². The molecular formula is C12H23N5O. The van der Waals surface area contributed by atoms with Crippen LogP contribution in [0, 0.1) is 0 Å². The van der Waals surface area contributed by atoms with Crippen molar-refractivity contribution in [2.45, 2.75) is 32.7 Å². The molecule has 6 heteroatoms. The first-order valence-corrected chi connectivity index (χ1v) is 6.29. The van der Waals surface area contributed by atoms with Gasteiger partial charge >= 0.3 is 0 Å². The van der Waals surface area contributed by atoms with Crippen molar-refractivity contribution >= 4 is 17.6 Å². The van der Waals surface area contributed by atoms with Crippen molar-refractivity contribution in [2.75, 3.05) is 36.6 Å². The van der Waals surface area contributed by atoms with Gasteiger partial charge in [-0.05, 0) is 19.8 Å². The predicted molar refractivity (Wildman–Crippen MR) is 74.8 cm³/mol. The average Bonchev–Trinajstić information content (AvgIpc) is 2.33. The Morgan fingerprint density at radius 3 is 2.78 bits per heavy atom. The number of aromatic nitrogens is 2. The minimum absolute atomic E-state index is 0.276. The largest absolute Gasteiger partial charge is 0.385 e. The van der Waals surface area contributed by atoms with Gasteiger partial charge in [-0.25, -0.2) is 0 Å². The molecule has 0 bridgehead atoms. The zero-order valence-corrected chi connectivity index (χ0v) is 11.4. The summed E-state index contributed by atoms with van der Waals surface area (Å²) in [7, 11) is 1.70. The van der Waals surface area contributed by atoms with E-state index in [1.807, 2.05) is 6.07 Å². The van der Waals surface area contributed by atoms with Gasteiger partial charge in [0.25, 0.3) is 0 Å². The van der Waals surface area contributed by atoms with Crippen molar-refractivity contribution in [2.24, 2.45) is 0 Å². The van der Waals surface area contributed by atoms with Crippen LogP contribution in [0.4, 0.5) is 17.6 Å². The van der Waals surface area contributed by atoms with Crippen LogP contribution >= 0.6 is 0 Å². The minimum Gasteiger partial charge on any atom is -0.385 e. The number of nitrogens with one attached hydrogen (secondary N) is 2. The van der Waals surface area contributed by atoms with E-state index >= 15 is 0 Å². The number of nitrogen functional groups attached to an aromatic ring is 1. The van der Waals surface area contributed by atoms with E-state index in [0.717, 1.165) is 37.6 Å². The monoisotopic (exact) mass is 253 g/mol. The molecule has 0 aliphatic heterocycles. The van der Waals surface area contributed by atoms with E-state index in [9.17, 15) is 0 Å². The summed E-state index contributed by atoms with van der Waals surface area (Å²) in [6.07, 6.45) is 1.95. The second-order valence-electron chi connectivity index (χ2n) is 4.25.